The van der Waals surface area contributed by atoms with Crippen LogP contribution in [0.25, 0.3) is 0 Å². The Kier molecular flexibility index (Phi) is 3.31. The summed E-state index contributed by atoms with van der Waals surface area (Å²) in [6.45, 7) is 4.04. The number of nitrogens with zero attached hydrogens (tertiary/aromatic N) is 1. The summed E-state index contributed by atoms with van der Waals surface area (Å²) in [5.41, 5.74) is 7.48. The van der Waals surface area contributed by atoms with Gasteiger partial charge in [0.25, 0.3) is 0 Å². The first kappa shape index (κ1) is 9.58. The van der Waals surface area contributed by atoms with Crippen LogP contribution in [0.1, 0.15) is 18.3 Å². The maximum atomic E-state index is 5.70. The Labute approximate surface area is 78.3 Å². The molecule has 3 N–H and O–H groups in total. The molecule has 0 fully saturated rings. The molecule has 1 aromatic heterocycles. The molecule has 0 spiro atoms. The summed E-state index contributed by atoms with van der Waals surface area (Å²) in [4.78, 5) is 7.29. The Morgan fingerprint density at radius 2 is 2.31 bits per heavy atom. The van der Waals surface area contributed by atoms with Crippen LogP contribution < -0.4 is 5.73 Å². The van der Waals surface area contributed by atoms with Gasteiger partial charge in [0.2, 0.25) is 0 Å². The molecule has 0 saturated carbocycles. The van der Waals surface area contributed by atoms with Crippen molar-refractivity contribution in [2.75, 3.05) is 5.73 Å². The third-order valence-electron chi connectivity index (χ3n) is 1.69. The van der Waals surface area contributed by atoms with Gasteiger partial charge in [0.1, 0.15) is 5.82 Å². The van der Waals surface area contributed by atoms with Crippen LogP contribution in [0.3, 0.4) is 0 Å². The van der Waals surface area contributed by atoms with Crippen LogP contribution in [0.2, 0.25) is 0 Å². The molecule has 0 amide bonds. The van der Waals surface area contributed by atoms with Gasteiger partial charge < -0.3 is 10.7 Å². The number of hydrogen-bond donors (Lipinski definition) is 2. The summed E-state index contributed by atoms with van der Waals surface area (Å²) in [5.74, 6) is 0.919. The minimum Gasteiger partial charge on any atom is -0.397 e. The number of anilines is 1. The van der Waals surface area contributed by atoms with Gasteiger partial charge in [-0.05, 0) is 24.6 Å². The normalized spacial score (nSPS) is 9.38. The first-order valence-electron chi connectivity index (χ1n) is 4.36. The van der Waals surface area contributed by atoms with Gasteiger partial charge in [-0.15, -0.1) is 0 Å². The molecule has 0 atom stereocenters. The van der Waals surface area contributed by atoms with E-state index in [-0.39, 0.29) is 0 Å². The zero-order chi connectivity index (χ0) is 9.68. The zero-order valence-electron chi connectivity index (χ0n) is 8.04. The van der Waals surface area contributed by atoms with E-state index >= 15 is 0 Å². The number of hydrogen-bond acceptors (Lipinski definition) is 2. The van der Waals surface area contributed by atoms with Gasteiger partial charge in [-0.2, -0.15) is 0 Å². The third-order valence-corrected chi connectivity index (χ3v) is 1.69. The van der Waals surface area contributed by atoms with Gasteiger partial charge >= 0.3 is 0 Å². The number of aryl methyl sites for hydroxylation is 2. The summed E-state index contributed by atoms with van der Waals surface area (Å²) < 4.78 is 0. The molecule has 0 radical (unpaired) electrons. The number of H-pyrrole nitrogens is 1. The van der Waals surface area contributed by atoms with E-state index < -0.39 is 0 Å². The molecule has 0 aliphatic rings. The number of aromatic nitrogens is 2. The van der Waals surface area contributed by atoms with Crippen LogP contribution in [0, 0.1) is 6.92 Å². The average Bonchev–Trinajstić information content (AvgIpc) is 2.16. The highest BCUT2D eigenvalue weighted by atomic mass is 14.8. The van der Waals surface area contributed by atoms with Crippen LogP contribution in [0.15, 0.2) is 24.5 Å². The maximum Gasteiger partial charge on any atom is 0.105 e. The van der Waals surface area contributed by atoms with Gasteiger partial charge in [0.05, 0.1) is 11.9 Å². The zero-order valence-corrected chi connectivity index (χ0v) is 8.04. The fourth-order valence-electron chi connectivity index (χ4n) is 1.00. The molecule has 0 aromatic carbocycles. The SMILES string of the molecule is CCc1ncc(N)cc(C)cc[nH]1. The lowest BCUT2D eigenvalue weighted by atomic mass is 10.3. The molecule has 0 bridgehead atoms. The molecule has 0 aliphatic carbocycles. The Balaban J connectivity index is 3.27. The first-order valence-corrected chi connectivity index (χ1v) is 4.36. The Morgan fingerprint density at radius 3 is 3.00 bits per heavy atom. The lowest BCUT2D eigenvalue weighted by Crippen LogP contribution is -1.87. The topological polar surface area (TPSA) is 54.7 Å². The van der Waals surface area contributed by atoms with Crippen molar-refractivity contribution in [3.05, 3.63) is 35.9 Å². The summed E-state index contributed by atoms with van der Waals surface area (Å²) in [7, 11) is 0. The van der Waals surface area contributed by atoms with E-state index in [2.05, 4.69) is 9.97 Å². The van der Waals surface area contributed by atoms with Crippen LogP contribution in [0.5, 0.6) is 0 Å². The summed E-state index contributed by atoms with van der Waals surface area (Å²) >= 11 is 0. The Morgan fingerprint density at radius 1 is 1.54 bits per heavy atom. The van der Waals surface area contributed by atoms with Crippen molar-refractivity contribution in [1.82, 2.24) is 9.97 Å². The smallest absolute Gasteiger partial charge is 0.105 e. The van der Waals surface area contributed by atoms with Crippen molar-refractivity contribution in [1.29, 1.82) is 0 Å². The predicted molar refractivity (Wildman–Crippen MR) is 54.7 cm³/mol. The molecule has 1 heterocycles. The number of rotatable bonds is 1. The van der Waals surface area contributed by atoms with Crippen LogP contribution in [-0.2, 0) is 6.42 Å². The second-order valence-electron chi connectivity index (χ2n) is 2.92. The van der Waals surface area contributed by atoms with Gasteiger partial charge in [0, 0.05) is 12.6 Å². The molecule has 1 rings (SSSR count). The molecular weight excluding hydrogens is 162 g/mol. The van der Waals surface area contributed by atoms with E-state index in [1.807, 2.05) is 32.2 Å². The van der Waals surface area contributed by atoms with Gasteiger partial charge in [-0.1, -0.05) is 6.92 Å². The van der Waals surface area contributed by atoms with Gasteiger partial charge in [-0.3, -0.25) is 0 Å². The van der Waals surface area contributed by atoms with Crippen molar-refractivity contribution in [2.45, 2.75) is 20.3 Å². The monoisotopic (exact) mass is 177 g/mol. The number of nitrogens with two attached hydrogens (primary N) is 1. The average molecular weight is 177 g/mol. The first-order chi connectivity index (χ1) is 6.22. The van der Waals surface area contributed by atoms with Crippen molar-refractivity contribution in [3.8, 4) is 0 Å². The second kappa shape index (κ2) is 4.50. The van der Waals surface area contributed by atoms with Crippen molar-refractivity contribution >= 4 is 5.69 Å². The lowest BCUT2D eigenvalue weighted by molar-refractivity contribution is 0.954. The largest absolute Gasteiger partial charge is 0.397 e. The van der Waals surface area contributed by atoms with Crippen molar-refractivity contribution < 1.29 is 0 Å². The second-order valence-corrected chi connectivity index (χ2v) is 2.92. The molecule has 3 heteroatoms. The summed E-state index contributed by atoms with van der Waals surface area (Å²) in [6, 6.07) is 3.86. The molecule has 0 saturated heterocycles. The van der Waals surface area contributed by atoms with E-state index in [0.717, 1.165) is 17.8 Å². The van der Waals surface area contributed by atoms with Gasteiger partial charge in [-0.25, -0.2) is 4.98 Å². The molecular formula is C10H15N3. The summed E-state index contributed by atoms with van der Waals surface area (Å²) in [6.07, 6.45) is 4.41. The molecule has 0 aliphatic heterocycles. The summed E-state index contributed by atoms with van der Waals surface area (Å²) in [5, 5.41) is 0. The molecule has 0 unspecified atom stereocenters. The van der Waals surface area contributed by atoms with Crippen LogP contribution >= 0.6 is 0 Å². The highest BCUT2D eigenvalue weighted by Gasteiger charge is 1.85. The standard InChI is InChI=1S/C10H15N3/c1-3-10-12-5-4-8(2)6-9(11)7-13-10/h4-7H,3,11H2,1-2H3,(H,12,13). The predicted octanol–water partition coefficient (Wildman–Crippen LogP) is 1.99. The molecule has 3 nitrogen and oxygen atoms in total. The number of aromatic amines is 1. The van der Waals surface area contributed by atoms with Crippen molar-refractivity contribution in [3.63, 3.8) is 0 Å². The van der Waals surface area contributed by atoms with Gasteiger partial charge in [0.15, 0.2) is 0 Å². The van der Waals surface area contributed by atoms with Crippen LogP contribution in [0.4, 0.5) is 5.69 Å². The fraction of sp³-hybridized carbons (Fsp3) is 0.300. The fourth-order valence-corrected chi connectivity index (χ4v) is 1.00. The van der Waals surface area contributed by atoms with E-state index in [4.69, 9.17) is 5.73 Å². The van der Waals surface area contributed by atoms with Crippen LogP contribution in [-0.4, -0.2) is 9.97 Å². The highest BCUT2D eigenvalue weighted by Crippen LogP contribution is 1.99. The maximum absolute atomic E-state index is 5.70. The lowest BCUT2D eigenvalue weighted by Gasteiger charge is -1.88. The molecule has 13 heavy (non-hydrogen) atoms. The minimum absolute atomic E-state index is 0.678. The molecule has 70 valence electrons. The Bertz CT molecular complexity index is 327. The Hall–Kier alpha value is -1.51. The molecule has 1 aromatic rings. The minimum atomic E-state index is 0.678. The highest BCUT2D eigenvalue weighted by molar-refractivity contribution is 5.35. The third kappa shape index (κ3) is 3.15. The number of nitrogen functional groups attached to an aromatic ring is 1. The van der Waals surface area contributed by atoms with E-state index in [1.54, 1.807) is 6.20 Å². The van der Waals surface area contributed by atoms with E-state index in [9.17, 15) is 0 Å². The van der Waals surface area contributed by atoms with Crippen molar-refractivity contribution in [2.24, 2.45) is 0 Å². The number of nitrogens with one attached hydrogen (secondary N) is 1. The van der Waals surface area contributed by atoms with E-state index in [0.29, 0.717) is 5.69 Å². The quantitative estimate of drug-likeness (QED) is 0.689. The van der Waals surface area contributed by atoms with E-state index in [1.165, 1.54) is 0 Å².